The summed E-state index contributed by atoms with van der Waals surface area (Å²) in [4.78, 5) is 0. The van der Waals surface area contributed by atoms with E-state index in [0.717, 1.165) is 0 Å². The Bertz CT molecular complexity index is 178. The van der Waals surface area contributed by atoms with Crippen LogP contribution in [0.15, 0.2) is 0 Å². The van der Waals surface area contributed by atoms with Crippen LogP contribution in [0.5, 0.6) is 0 Å². The van der Waals surface area contributed by atoms with Gasteiger partial charge < -0.3 is 20.7 Å². The highest BCUT2D eigenvalue weighted by molar-refractivity contribution is 6.12. The van der Waals surface area contributed by atoms with E-state index in [4.69, 9.17) is 15.6 Å². The molecule has 1 saturated carbocycles. The standard InChI is InChI=1S/C5H10BNO3/c6-4-1(7)5(9)2(8)3(5)10-4/h1-4,8-9H,6-7H2/t1-,2?,3+,4+,5+/m0/s1. The van der Waals surface area contributed by atoms with Crippen molar-refractivity contribution in [2.45, 2.75) is 29.9 Å². The summed E-state index contributed by atoms with van der Waals surface area (Å²) >= 11 is 0. The molecule has 0 aromatic carbocycles. The van der Waals surface area contributed by atoms with Crippen molar-refractivity contribution in [3.8, 4) is 0 Å². The van der Waals surface area contributed by atoms with Crippen LogP contribution in [-0.2, 0) is 4.74 Å². The molecule has 1 aliphatic carbocycles. The SMILES string of the molecule is B[C@@H]1O[C@@H]2C(O)[C@]2(O)[C@H]1N. The van der Waals surface area contributed by atoms with Gasteiger partial charge in [-0.3, -0.25) is 0 Å². The van der Waals surface area contributed by atoms with Crippen LogP contribution in [0.3, 0.4) is 0 Å². The van der Waals surface area contributed by atoms with Crippen molar-refractivity contribution in [2.24, 2.45) is 5.73 Å². The van der Waals surface area contributed by atoms with Crippen molar-refractivity contribution in [2.75, 3.05) is 0 Å². The van der Waals surface area contributed by atoms with Crippen molar-refractivity contribution >= 4 is 7.85 Å². The minimum atomic E-state index is -1.14. The predicted molar refractivity (Wildman–Crippen MR) is 36.1 cm³/mol. The monoisotopic (exact) mass is 143 g/mol. The molecular weight excluding hydrogens is 133 g/mol. The van der Waals surface area contributed by atoms with E-state index in [1.54, 1.807) is 7.85 Å². The van der Waals surface area contributed by atoms with Crippen LogP contribution in [0.4, 0.5) is 0 Å². The van der Waals surface area contributed by atoms with Gasteiger partial charge in [-0.1, -0.05) is 0 Å². The number of hydrogen-bond donors (Lipinski definition) is 3. The first kappa shape index (κ1) is 6.60. The van der Waals surface area contributed by atoms with Crippen molar-refractivity contribution in [1.82, 2.24) is 0 Å². The lowest BCUT2D eigenvalue weighted by atomic mass is 9.90. The normalized spacial score (nSPS) is 65.9. The molecule has 1 saturated heterocycles. The predicted octanol–water partition coefficient (Wildman–Crippen LogP) is -3.22. The van der Waals surface area contributed by atoms with E-state index >= 15 is 0 Å². The first-order valence-corrected chi connectivity index (χ1v) is 3.40. The summed E-state index contributed by atoms with van der Waals surface area (Å²) in [5.41, 5.74) is 4.41. The van der Waals surface area contributed by atoms with Crippen molar-refractivity contribution in [1.29, 1.82) is 0 Å². The van der Waals surface area contributed by atoms with Crippen LogP contribution in [0.2, 0.25) is 0 Å². The van der Waals surface area contributed by atoms with E-state index in [1.165, 1.54) is 0 Å². The fourth-order valence-corrected chi connectivity index (χ4v) is 1.61. The highest BCUT2D eigenvalue weighted by Gasteiger charge is 2.74. The first-order valence-electron chi connectivity index (χ1n) is 3.40. The van der Waals surface area contributed by atoms with Crippen LogP contribution in [-0.4, -0.2) is 47.9 Å². The van der Waals surface area contributed by atoms with E-state index in [9.17, 15) is 5.11 Å². The van der Waals surface area contributed by atoms with Gasteiger partial charge in [0.05, 0.1) is 6.04 Å². The first-order chi connectivity index (χ1) is 4.58. The molecule has 0 aromatic rings. The zero-order chi connectivity index (χ0) is 7.52. The number of fused-ring (bicyclic) bond motifs is 1. The maximum atomic E-state index is 9.48. The number of rotatable bonds is 0. The van der Waals surface area contributed by atoms with Crippen LogP contribution >= 0.6 is 0 Å². The van der Waals surface area contributed by atoms with E-state index in [-0.39, 0.29) is 6.00 Å². The molecule has 5 atom stereocenters. The van der Waals surface area contributed by atoms with Gasteiger partial charge in [0.25, 0.3) is 0 Å². The molecule has 0 aromatic heterocycles. The minimum Gasteiger partial charge on any atom is -0.387 e. The van der Waals surface area contributed by atoms with Gasteiger partial charge in [0.15, 0.2) is 0 Å². The number of nitrogens with two attached hydrogens (primary N) is 1. The Kier molecular flexibility index (Phi) is 1.03. The third kappa shape index (κ3) is 0.484. The van der Waals surface area contributed by atoms with Crippen LogP contribution < -0.4 is 5.73 Å². The van der Waals surface area contributed by atoms with E-state index in [0.29, 0.717) is 0 Å². The Morgan fingerprint density at radius 2 is 2.20 bits per heavy atom. The summed E-state index contributed by atoms with van der Waals surface area (Å²) < 4.78 is 5.14. The van der Waals surface area contributed by atoms with Crippen molar-refractivity contribution in [3.63, 3.8) is 0 Å². The van der Waals surface area contributed by atoms with E-state index in [2.05, 4.69) is 0 Å². The number of aliphatic hydroxyl groups excluding tert-OH is 1. The smallest absolute Gasteiger partial charge is 0.141 e. The summed E-state index contributed by atoms with van der Waals surface area (Å²) in [7, 11) is 1.79. The molecule has 0 amide bonds. The lowest BCUT2D eigenvalue weighted by molar-refractivity contribution is 0.0454. The summed E-state index contributed by atoms with van der Waals surface area (Å²) in [6.45, 7) is 0. The molecule has 1 aliphatic heterocycles. The Morgan fingerprint density at radius 1 is 1.60 bits per heavy atom. The van der Waals surface area contributed by atoms with E-state index < -0.39 is 23.9 Å². The molecule has 2 aliphatic rings. The van der Waals surface area contributed by atoms with Gasteiger partial charge in [-0.25, -0.2) is 0 Å². The minimum absolute atomic E-state index is 0.140. The third-order valence-electron chi connectivity index (χ3n) is 2.51. The van der Waals surface area contributed by atoms with Gasteiger partial charge in [0, 0.05) is 6.00 Å². The molecule has 10 heavy (non-hydrogen) atoms. The molecule has 4 nitrogen and oxygen atoms in total. The molecule has 0 bridgehead atoms. The van der Waals surface area contributed by atoms with Gasteiger partial charge in [0.1, 0.15) is 25.7 Å². The third-order valence-corrected chi connectivity index (χ3v) is 2.51. The molecule has 0 radical (unpaired) electrons. The fourth-order valence-electron chi connectivity index (χ4n) is 1.61. The second-order valence-electron chi connectivity index (χ2n) is 3.12. The van der Waals surface area contributed by atoms with E-state index in [1.807, 2.05) is 0 Å². The fraction of sp³-hybridized carbons (Fsp3) is 1.00. The summed E-state index contributed by atoms with van der Waals surface area (Å²) in [6.07, 6.45) is -1.20. The average Bonchev–Trinajstić information content (AvgIpc) is 2.29. The Labute approximate surface area is 59.4 Å². The molecule has 4 N–H and O–H groups in total. The summed E-state index contributed by atoms with van der Waals surface area (Å²) in [5.74, 6) is 0. The van der Waals surface area contributed by atoms with Gasteiger partial charge in [-0.15, -0.1) is 0 Å². The maximum Gasteiger partial charge on any atom is 0.141 e. The number of ether oxygens (including phenoxy) is 1. The Balaban J connectivity index is 2.20. The van der Waals surface area contributed by atoms with Gasteiger partial charge in [0.2, 0.25) is 0 Å². The quantitative estimate of drug-likeness (QED) is 0.312. The number of hydrogen-bond acceptors (Lipinski definition) is 4. The Hall–Kier alpha value is -0.0951. The lowest BCUT2D eigenvalue weighted by Crippen LogP contribution is -2.46. The summed E-state index contributed by atoms with van der Waals surface area (Å²) in [5, 5.41) is 18.5. The highest BCUT2D eigenvalue weighted by Crippen LogP contribution is 2.48. The second kappa shape index (κ2) is 1.56. The van der Waals surface area contributed by atoms with Gasteiger partial charge in [-0.2, -0.15) is 0 Å². The molecule has 2 fully saturated rings. The zero-order valence-electron chi connectivity index (χ0n) is 5.69. The lowest BCUT2D eigenvalue weighted by Gasteiger charge is -2.17. The van der Waals surface area contributed by atoms with Crippen molar-refractivity contribution < 1.29 is 14.9 Å². The average molecular weight is 143 g/mol. The molecule has 2 rings (SSSR count). The Morgan fingerprint density at radius 3 is 2.50 bits per heavy atom. The van der Waals surface area contributed by atoms with Gasteiger partial charge >= 0.3 is 0 Å². The molecule has 0 spiro atoms. The summed E-state index contributed by atoms with van der Waals surface area (Å²) in [6, 6.07) is -0.578. The molecule has 1 unspecified atom stereocenters. The number of aliphatic hydroxyl groups is 2. The zero-order valence-corrected chi connectivity index (χ0v) is 5.69. The van der Waals surface area contributed by atoms with Gasteiger partial charge in [-0.05, 0) is 0 Å². The van der Waals surface area contributed by atoms with Crippen molar-refractivity contribution in [3.05, 3.63) is 0 Å². The van der Waals surface area contributed by atoms with Crippen LogP contribution in [0.1, 0.15) is 0 Å². The molecule has 1 heterocycles. The van der Waals surface area contributed by atoms with Crippen LogP contribution in [0, 0.1) is 0 Å². The van der Waals surface area contributed by atoms with Crippen LogP contribution in [0.25, 0.3) is 0 Å². The largest absolute Gasteiger partial charge is 0.387 e. The maximum absolute atomic E-state index is 9.48. The topological polar surface area (TPSA) is 75.7 Å². The molecule has 5 heteroatoms. The second-order valence-corrected chi connectivity index (χ2v) is 3.12. The highest BCUT2D eigenvalue weighted by atomic mass is 16.6. The molecule has 56 valence electrons. The molecular formula is C5H10BNO3.